The number of methoxy groups -OCH3 is 1. The SMILES string of the molecule is COC(=O)c1cccc(NC(=O)NC[C@H]2CC[C@H](Cc3ccc(F)cc3)CN2)c1. The number of amides is 2. The summed E-state index contributed by atoms with van der Waals surface area (Å²) in [7, 11) is 1.32. The molecular formula is C22H26FN3O3. The van der Waals surface area contributed by atoms with Gasteiger partial charge in [0.1, 0.15) is 5.82 Å². The lowest BCUT2D eigenvalue weighted by Crippen LogP contribution is -2.47. The van der Waals surface area contributed by atoms with Crippen molar-refractivity contribution in [2.75, 3.05) is 25.5 Å². The fourth-order valence-electron chi connectivity index (χ4n) is 3.51. The highest BCUT2D eigenvalue weighted by atomic mass is 19.1. The molecule has 1 fully saturated rings. The van der Waals surface area contributed by atoms with Gasteiger partial charge in [-0.1, -0.05) is 18.2 Å². The van der Waals surface area contributed by atoms with E-state index in [9.17, 15) is 14.0 Å². The number of carbonyl (C=O) groups excluding carboxylic acids is 2. The largest absolute Gasteiger partial charge is 0.465 e. The highest BCUT2D eigenvalue weighted by Gasteiger charge is 2.21. The predicted molar refractivity (Wildman–Crippen MR) is 109 cm³/mol. The van der Waals surface area contributed by atoms with Crippen LogP contribution in [0.5, 0.6) is 0 Å². The second-order valence-corrected chi connectivity index (χ2v) is 7.29. The molecule has 0 saturated carbocycles. The van der Waals surface area contributed by atoms with Crippen LogP contribution < -0.4 is 16.0 Å². The highest BCUT2D eigenvalue weighted by Crippen LogP contribution is 2.19. The molecular weight excluding hydrogens is 373 g/mol. The number of hydrogen-bond acceptors (Lipinski definition) is 4. The Hall–Kier alpha value is -2.93. The second kappa shape index (κ2) is 10.0. The molecule has 0 aliphatic carbocycles. The van der Waals surface area contributed by atoms with Gasteiger partial charge in [0.2, 0.25) is 0 Å². The van der Waals surface area contributed by atoms with Crippen LogP contribution in [0.1, 0.15) is 28.8 Å². The minimum absolute atomic E-state index is 0.211. The maximum atomic E-state index is 13.0. The molecule has 3 rings (SSSR count). The Bertz CT molecular complexity index is 833. The fourth-order valence-corrected chi connectivity index (χ4v) is 3.51. The normalized spacial score (nSPS) is 18.7. The van der Waals surface area contributed by atoms with Crippen molar-refractivity contribution in [1.29, 1.82) is 0 Å². The minimum atomic E-state index is -0.448. The van der Waals surface area contributed by atoms with E-state index in [1.165, 1.54) is 19.2 Å². The van der Waals surface area contributed by atoms with Crippen molar-refractivity contribution in [3.63, 3.8) is 0 Å². The van der Waals surface area contributed by atoms with E-state index in [0.29, 0.717) is 23.7 Å². The van der Waals surface area contributed by atoms with E-state index in [0.717, 1.165) is 31.4 Å². The molecule has 2 atom stereocenters. The van der Waals surface area contributed by atoms with Gasteiger partial charge in [0.25, 0.3) is 0 Å². The van der Waals surface area contributed by atoms with Gasteiger partial charge in [-0.05, 0) is 67.6 Å². The zero-order valence-electron chi connectivity index (χ0n) is 16.4. The van der Waals surface area contributed by atoms with Crippen LogP contribution >= 0.6 is 0 Å². The van der Waals surface area contributed by atoms with Gasteiger partial charge in [0, 0.05) is 18.3 Å². The van der Waals surface area contributed by atoms with E-state index < -0.39 is 5.97 Å². The molecule has 7 heteroatoms. The Morgan fingerprint density at radius 3 is 2.66 bits per heavy atom. The number of nitrogens with one attached hydrogen (secondary N) is 3. The highest BCUT2D eigenvalue weighted by molar-refractivity contribution is 5.93. The molecule has 1 saturated heterocycles. The number of benzene rings is 2. The average molecular weight is 399 g/mol. The number of piperidine rings is 1. The Labute approximate surface area is 169 Å². The monoisotopic (exact) mass is 399 g/mol. The summed E-state index contributed by atoms with van der Waals surface area (Å²) >= 11 is 0. The zero-order chi connectivity index (χ0) is 20.6. The maximum absolute atomic E-state index is 13.0. The van der Waals surface area contributed by atoms with Crippen LogP contribution in [-0.4, -0.2) is 38.2 Å². The van der Waals surface area contributed by atoms with Gasteiger partial charge >= 0.3 is 12.0 Å². The number of halogens is 1. The van der Waals surface area contributed by atoms with E-state index in [-0.39, 0.29) is 17.9 Å². The van der Waals surface area contributed by atoms with Crippen molar-refractivity contribution in [1.82, 2.24) is 10.6 Å². The second-order valence-electron chi connectivity index (χ2n) is 7.29. The van der Waals surface area contributed by atoms with Crippen LogP contribution in [-0.2, 0) is 11.2 Å². The third-order valence-electron chi connectivity index (χ3n) is 5.11. The molecule has 1 aliphatic heterocycles. The van der Waals surface area contributed by atoms with E-state index in [2.05, 4.69) is 20.7 Å². The van der Waals surface area contributed by atoms with Crippen molar-refractivity contribution < 1.29 is 18.7 Å². The van der Waals surface area contributed by atoms with Gasteiger partial charge in [-0.3, -0.25) is 0 Å². The molecule has 1 aliphatic rings. The average Bonchev–Trinajstić information content (AvgIpc) is 2.74. The van der Waals surface area contributed by atoms with Crippen LogP contribution in [0.15, 0.2) is 48.5 Å². The first-order valence-electron chi connectivity index (χ1n) is 9.74. The topological polar surface area (TPSA) is 79.5 Å². The number of anilines is 1. The third-order valence-corrected chi connectivity index (χ3v) is 5.11. The Morgan fingerprint density at radius 1 is 1.17 bits per heavy atom. The van der Waals surface area contributed by atoms with Crippen molar-refractivity contribution >= 4 is 17.7 Å². The summed E-state index contributed by atoms with van der Waals surface area (Å²) in [6.45, 7) is 1.39. The maximum Gasteiger partial charge on any atom is 0.337 e. The van der Waals surface area contributed by atoms with Gasteiger partial charge in [-0.15, -0.1) is 0 Å². The molecule has 2 aromatic carbocycles. The van der Waals surface area contributed by atoms with Crippen molar-refractivity contribution in [3.8, 4) is 0 Å². The lowest BCUT2D eigenvalue weighted by atomic mass is 9.89. The van der Waals surface area contributed by atoms with Crippen LogP contribution in [0.3, 0.4) is 0 Å². The summed E-state index contributed by atoms with van der Waals surface area (Å²) in [5, 5.41) is 9.07. The van der Waals surface area contributed by atoms with Crippen LogP contribution in [0, 0.1) is 11.7 Å². The minimum Gasteiger partial charge on any atom is -0.465 e. The summed E-state index contributed by atoms with van der Waals surface area (Å²) in [6.07, 6.45) is 2.94. The molecule has 3 N–H and O–H groups in total. The number of hydrogen-bond donors (Lipinski definition) is 3. The van der Waals surface area contributed by atoms with Gasteiger partial charge in [-0.2, -0.15) is 0 Å². The summed E-state index contributed by atoms with van der Waals surface area (Å²) in [4.78, 5) is 23.7. The summed E-state index contributed by atoms with van der Waals surface area (Å²) in [5.41, 5.74) is 2.05. The number of rotatable bonds is 6. The fraction of sp³-hybridized carbons (Fsp3) is 0.364. The zero-order valence-corrected chi connectivity index (χ0v) is 16.4. The molecule has 2 amide bonds. The van der Waals surface area contributed by atoms with Gasteiger partial charge in [0.05, 0.1) is 12.7 Å². The van der Waals surface area contributed by atoms with E-state index in [1.54, 1.807) is 24.3 Å². The molecule has 2 aromatic rings. The summed E-state index contributed by atoms with van der Waals surface area (Å²) in [5.74, 6) is -0.154. The summed E-state index contributed by atoms with van der Waals surface area (Å²) in [6, 6.07) is 13.2. The number of urea groups is 1. The summed E-state index contributed by atoms with van der Waals surface area (Å²) < 4.78 is 17.7. The van der Waals surface area contributed by atoms with Crippen molar-refractivity contribution in [2.45, 2.75) is 25.3 Å². The van der Waals surface area contributed by atoms with Gasteiger partial charge < -0.3 is 20.7 Å². The standard InChI is InChI=1S/C22H26FN3O3/c1-29-21(27)17-3-2-4-19(12-17)26-22(28)25-14-20-10-7-16(13-24-20)11-15-5-8-18(23)9-6-15/h2-6,8-9,12,16,20,24H,7,10-11,13-14H2,1H3,(H2,25,26,28)/t16-,20-/m1/s1. The molecule has 6 nitrogen and oxygen atoms in total. The smallest absolute Gasteiger partial charge is 0.337 e. The number of esters is 1. The lowest BCUT2D eigenvalue weighted by Gasteiger charge is -2.30. The molecule has 0 spiro atoms. The number of ether oxygens (including phenoxy) is 1. The van der Waals surface area contributed by atoms with Gasteiger partial charge in [-0.25, -0.2) is 14.0 Å². The Morgan fingerprint density at radius 2 is 1.97 bits per heavy atom. The first kappa shape index (κ1) is 20.8. The first-order valence-corrected chi connectivity index (χ1v) is 9.74. The molecule has 29 heavy (non-hydrogen) atoms. The molecule has 0 radical (unpaired) electrons. The molecule has 1 heterocycles. The van der Waals surface area contributed by atoms with E-state index >= 15 is 0 Å². The van der Waals surface area contributed by atoms with Crippen LogP contribution in [0.25, 0.3) is 0 Å². The van der Waals surface area contributed by atoms with Crippen molar-refractivity contribution in [3.05, 3.63) is 65.5 Å². The molecule has 154 valence electrons. The first-order chi connectivity index (χ1) is 14.0. The van der Waals surface area contributed by atoms with Crippen LogP contribution in [0.4, 0.5) is 14.9 Å². The predicted octanol–water partition coefficient (Wildman–Crippen LogP) is 3.34. The van der Waals surface area contributed by atoms with E-state index in [4.69, 9.17) is 0 Å². The molecule has 0 unspecified atom stereocenters. The van der Waals surface area contributed by atoms with E-state index in [1.807, 2.05) is 12.1 Å². The number of carbonyl (C=O) groups is 2. The lowest BCUT2D eigenvalue weighted by molar-refractivity contribution is 0.0600. The Balaban J connectivity index is 1.39. The van der Waals surface area contributed by atoms with Crippen molar-refractivity contribution in [2.24, 2.45) is 5.92 Å². The van der Waals surface area contributed by atoms with Gasteiger partial charge in [0.15, 0.2) is 0 Å². The Kier molecular flexibility index (Phi) is 7.19. The quantitative estimate of drug-likeness (QED) is 0.651. The molecule has 0 aromatic heterocycles. The third kappa shape index (κ3) is 6.29. The molecule has 0 bridgehead atoms. The van der Waals surface area contributed by atoms with Crippen LogP contribution in [0.2, 0.25) is 0 Å².